The maximum Gasteiger partial charge on any atom is 0.194 e. The van der Waals surface area contributed by atoms with E-state index in [1.54, 1.807) is 7.11 Å². The predicted molar refractivity (Wildman–Crippen MR) is 91.3 cm³/mol. The van der Waals surface area contributed by atoms with Gasteiger partial charge in [0.05, 0.1) is 0 Å². The SMILES string of the molecule is COCCCNC(=NCc1nnc(C)n1C)N1CCC(C)(C)C1. The van der Waals surface area contributed by atoms with Crippen molar-refractivity contribution < 1.29 is 4.74 Å². The van der Waals surface area contributed by atoms with Gasteiger partial charge in [-0.3, -0.25) is 0 Å². The number of aromatic nitrogens is 3. The Kier molecular flexibility index (Phi) is 5.98. The van der Waals surface area contributed by atoms with Crippen molar-refractivity contribution in [2.24, 2.45) is 17.5 Å². The quantitative estimate of drug-likeness (QED) is 0.486. The van der Waals surface area contributed by atoms with Crippen molar-refractivity contribution in [3.63, 3.8) is 0 Å². The van der Waals surface area contributed by atoms with Crippen LogP contribution < -0.4 is 5.32 Å². The Labute approximate surface area is 139 Å². The monoisotopic (exact) mass is 322 g/mol. The van der Waals surface area contributed by atoms with Crippen LogP contribution in [0.2, 0.25) is 0 Å². The van der Waals surface area contributed by atoms with E-state index >= 15 is 0 Å². The van der Waals surface area contributed by atoms with Crippen LogP contribution in [0.3, 0.4) is 0 Å². The van der Waals surface area contributed by atoms with Gasteiger partial charge in [0.2, 0.25) is 0 Å². The zero-order valence-electron chi connectivity index (χ0n) is 15.1. The molecule has 2 heterocycles. The number of methoxy groups -OCH3 is 1. The van der Waals surface area contributed by atoms with Gasteiger partial charge in [-0.15, -0.1) is 10.2 Å². The Morgan fingerprint density at radius 2 is 2.17 bits per heavy atom. The summed E-state index contributed by atoms with van der Waals surface area (Å²) in [7, 11) is 3.71. The van der Waals surface area contributed by atoms with E-state index in [2.05, 4.69) is 34.3 Å². The van der Waals surface area contributed by atoms with Crippen LogP contribution in [-0.2, 0) is 18.3 Å². The van der Waals surface area contributed by atoms with E-state index < -0.39 is 0 Å². The largest absolute Gasteiger partial charge is 0.385 e. The van der Waals surface area contributed by atoms with E-state index in [9.17, 15) is 0 Å². The Hall–Kier alpha value is -1.63. The second-order valence-electron chi connectivity index (χ2n) is 6.97. The lowest BCUT2D eigenvalue weighted by Gasteiger charge is -2.24. The van der Waals surface area contributed by atoms with Gasteiger partial charge < -0.3 is 19.5 Å². The molecule has 7 nitrogen and oxygen atoms in total. The Morgan fingerprint density at radius 3 is 2.74 bits per heavy atom. The number of aryl methyl sites for hydroxylation is 1. The third-order valence-corrected chi connectivity index (χ3v) is 4.34. The molecule has 7 heteroatoms. The van der Waals surface area contributed by atoms with E-state index in [1.807, 2.05) is 18.5 Å². The van der Waals surface area contributed by atoms with Crippen molar-refractivity contribution in [2.45, 2.75) is 40.2 Å². The van der Waals surface area contributed by atoms with Crippen LogP contribution in [0.1, 0.15) is 38.3 Å². The molecule has 1 aromatic heterocycles. The van der Waals surface area contributed by atoms with Crippen LogP contribution in [0.15, 0.2) is 4.99 Å². The highest BCUT2D eigenvalue weighted by Gasteiger charge is 2.31. The summed E-state index contributed by atoms with van der Waals surface area (Å²) < 4.78 is 7.10. The summed E-state index contributed by atoms with van der Waals surface area (Å²) in [6.45, 7) is 10.8. The molecule has 1 aliphatic heterocycles. The first-order valence-electron chi connectivity index (χ1n) is 8.30. The Bertz CT molecular complexity index is 537. The van der Waals surface area contributed by atoms with Crippen molar-refractivity contribution in [1.29, 1.82) is 0 Å². The van der Waals surface area contributed by atoms with Crippen molar-refractivity contribution in [2.75, 3.05) is 33.4 Å². The highest BCUT2D eigenvalue weighted by Crippen LogP contribution is 2.28. The van der Waals surface area contributed by atoms with E-state index in [4.69, 9.17) is 9.73 Å². The van der Waals surface area contributed by atoms with Gasteiger partial charge in [-0.1, -0.05) is 13.8 Å². The molecule has 0 radical (unpaired) electrons. The summed E-state index contributed by atoms with van der Waals surface area (Å²) in [5.74, 6) is 2.76. The van der Waals surface area contributed by atoms with Gasteiger partial charge in [0, 0.05) is 40.4 Å². The Morgan fingerprint density at radius 1 is 1.39 bits per heavy atom. The maximum absolute atomic E-state index is 5.11. The number of nitrogens with zero attached hydrogens (tertiary/aromatic N) is 5. The molecule has 1 aliphatic rings. The standard InChI is InChI=1S/C16H30N6O/c1-13-19-20-14(21(13)4)11-18-15(17-8-6-10-23-5)22-9-7-16(2,3)12-22/h6-12H2,1-5H3,(H,17,18). The van der Waals surface area contributed by atoms with Gasteiger partial charge in [0.15, 0.2) is 11.8 Å². The first-order chi connectivity index (χ1) is 10.9. The number of likely N-dealkylation sites (tertiary alicyclic amines) is 1. The van der Waals surface area contributed by atoms with Crippen LogP contribution >= 0.6 is 0 Å². The summed E-state index contributed by atoms with van der Waals surface area (Å²) in [5.41, 5.74) is 0.344. The summed E-state index contributed by atoms with van der Waals surface area (Å²) in [5, 5.41) is 11.8. The second-order valence-corrected chi connectivity index (χ2v) is 6.97. The lowest BCUT2D eigenvalue weighted by molar-refractivity contribution is 0.195. The highest BCUT2D eigenvalue weighted by atomic mass is 16.5. The summed E-state index contributed by atoms with van der Waals surface area (Å²) in [6, 6.07) is 0. The second kappa shape index (κ2) is 7.77. The topological polar surface area (TPSA) is 67.6 Å². The van der Waals surface area contributed by atoms with Crippen molar-refractivity contribution >= 4 is 5.96 Å². The molecule has 1 aromatic rings. The molecule has 2 rings (SSSR count). The molecule has 1 saturated heterocycles. The minimum absolute atomic E-state index is 0.344. The Balaban J connectivity index is 2.03. The molecule has 0 spiro atoms. The fraction of sp³-hybridized carbons (Fsp3) is 0.812. The lowest BCUT2D eigenvalue weighted by atomic mass is 9.93. The van der Waals surface area contributed by atoms with Crippen LogP contribution in [0.25, 0.3) is 0 Å². The summed E-state index contributed by atoms with van der Waals surface area (Å²) >= 11 is 0. The number of hydrogen-bond acceptors (Lipinski definition) is 4. The van der Waals surface area contributed by atoms with E-state index in [-0.39, 0.29) is 0 Å². The molecule has 0 unspecified atom stereocenters. The zero-order chi connectivity index (χ0) is 16.9. The minimum Gasteiger partial charge on any atom is -0.385 e. The van der Waals surface area contributed by atoms with Crippen LogP contribution in [0.5, 0.6) is 0 Å². The van der Waals surface area contributed by atoms with Gasteiger partial charge in [-0.05, 0) is 25.2 Å². The first kappa shape index (κ1) is 17.7. The fourth-order valence-corrected chi connectivity index (χ4v) is 2.71. The van der Waals surface area contributed by atoms with Crippen molar-refractivity contribution in [3.05, 3.63) is 11.6 Å². The predicted octanol–water partition coefficient (Wildman–Crippen LogP) is 1.34. The molecule has 0 aliphatic carbocycles. The summed E-state index contributed by atoms with van der Waals surface area (Å²) in [4.78, 5) is 7.12. The molecule has 0 atom stereocenters. The molecule has 0 amide bonds. The number of nitrogens with one attached hydrogen (secondary N) is 1. The van der Waals surface area contributed by atoms with Crippen molar-refractivity contribution in [1.82, 2.24) is 25.0 Å². The molecule has 0 aromatic carbocycles. The minimum atomic E-state index is 0.344. The van der Waals surface area contributed by atoms with Gasteiger partial charge in [0.25, 0.3) is 0 Å². The number of guanidine groups is 1. The number of aliphatic imine (C=N–C) groups is 1. The third kappa shape index (κ3) is 4.92. The lowest BCUT2D eigenvalue weighted by Crippen LogP contribution is -2.41. The first-order valence-corrected chi connectivity index (χ1v) is 8.30. The average molecular weight is 322 g/mol. The van der Waals surface area contributed by atoms with Gasteiger partial charge in [-0.2, -0.15) is 0 Å². The van der Waals surface area contributed by atoms with E-state index in [0.717, 1.165) is 50.3 Å². The summed E-state index contributed by atoms with van der Waals surface area (Å²) in [6.07, 6.45) is 2.16. The molecule has 1 N–H and O–H groups in total. The van der Waals surface area contributed by atoms with E-state index in [0.29, 0.717) is 12.0 Å². The van der Waals surface area contributed by atoms with Crippen molar-refractivity contribution in [3.8, 4) is 0 Å². The maximum atomic E-state index is 5.11. The number of ether oxygens (including phenoxy) is 1. The molecule has 1 fully saturated rings. The fourth-order valence-electron chi connectivity index (χ4n) is 2.71. The number of hydrogen-bond donors (Lipinski definition) is 1. The highest BCUT2D eigenvalue weighted by molar-refractivity contribution is 5.80. The zero-order valence-corrected chi connectivity index (χ0v) is 15.1. The van der Waals surface area contributed by atoms with Gasteiger partial charge in [-0.25, -0.2) is 4.99 Å². The van der Waals surface area contributed by atoms with Crippen LogP contribution in [0.4, 0.5) is 0 Å². The van der Waals surface area contributed by atoms with Gasteiger partial charge >= 0.3 is 0 Å². The molecule has 0 saturated carbocycles. The van der Waals surface area contributed by atoms with Crippen LogP contribution in [-0.4, -0.2) is 59.0 Å². The molecule has 130 valence electrons. The molecule has 23 heavy (non-hydrogen) atoms. The molecule has 0 bridgehead atoms. The van der Waals surface area contributed by atoms with Crippen LogP contribution in [0, 0.1) is 12.3 Å². The normalized spacial score (nSPS) is 17.8. The molecular weight excluding hydrogens is 292 g/mol. The average Bonchev–Trinajstić information content (AvgIpc) is 3.02. The third-order valence-electron chi connectivity index (χ3n) is 4.34. The van der Waals surface area contributed by atoms with Gasteiger partial charge in [0.1, 0.15) is 12.4 Å². The molecular formula is C16H30N6O. The van der Waals surface area contributed by atoms with E-state index in [1.165, 1.54) is 6.42 Å². The number of rotatable bonds is 6. The smallest absolute Gasteiger partial charge is 0.194 e.